The Hall–Kier alpha value is -1.60. The topological polar surface area (TPSA) is 60.0 Å². The van der Waals surface area contributed by atoms with Crippen molar-refractivity contribution in [1.82, 2.24) is 20.4 Å². The molecule has 0 saturated carbocycles. The van der Waals surface area contributed by atoms with Gasteiger partial charge in [0.2, 0.25) is 5.91 Å². The smallest absolute Gasteiger partial charge is 0.236 e. The molecule has 0 aromatic carbocycles. The largest absolute Gasteiger partial charge is 0.357 e. The van der Waals surface area contributed by atoms with E-state index in [0.29, 0.717) is 18.5 Å². The normalized spacial score (nSPS) is 17.6. The number of thiophene rings is 1. The van der Waals surface area contributed by atoms with Crippen molar-refractivity contribution in [3.8, 4) is 0 Å². The fraction of sp³-hybridized carbons (Fsp3) is 0.700. The van der Waals surface area contributed by atoms with E-state index in [0.717, 1.165) is 51.4 Å². The van der Waals surface area contributed by atoms with Gasteiger partial charge in [0.05, 0.1) is 6.54 Å². The summed E-state index contributed by atoms with van der Waals surface area (Å²) in [5.41, 5.74) is 0. The van der Waals surface area contributed by atoms with Crippen LogP contribution in [0, 0.1) is 5.92 Å². The fourth-order valence-corrected chi connectivity index (χ4v) is 4.04. The molecule has 0 bridgehead atoms. The molecule has 1 fully saturated rings. The molecule has 2 heterocycles. The number of nitrogens with one attached hydrogen (secondary N) is 2. The summed E-state index contributed by atoms with van der Waals surface area (Å²) in [6.07, 6.45) is 3.16. The van der Waals surface area contributed by atoms with Gasteiger partial charge >= 0.3 is 0 Å². The lowest BCUT2D eigenvalue weighted by Crippen LogP contribution is -2.50. The number of guanidine groups is 1. The van der Waals surface area contributed by atoms with Gasteiger partial charge in [0.15, 0.2) is 5.96 Å². The van der Waals surface area contributed by atoms with Crippen LogP contribution in [0.4, 0.5) is 0 Å². The summed E-state index contributed by atoms with van der Waals surface area (Å²) in [6.45, 7) is 8.46. The number of aliphatic imine (C=N–C) groups is 1. The maximum atomic E-state index is 11.9. The maximum absolute atomic E-state index is 11.9. The molecule has 152 valence electrons. The van der Waals surface area contributed by atoms with Gasteiger partial charge in [-0.3, -0.25) is 14.7 Å². The molecule has 1 amide bonds. The highest BCUT2D eigenvalue weighted by molar-refractivity contribution is 7.09. The van der Waals surface area contributed by atoms with E-state index >= 15 is 0 Å². The molecule has 1 aliphatic rings. The van der Waals surface area contributed by atoms with Crippen LogP contribution < -0.4 is 10.6 Å². The third kappa shape index (κ3) is 7.89. The Balaban J connectivity index is 1.77. The minimum Gasteiger partial charge on any atom is -0.357 e. The average molecular weight is 394 g/mol. The lowest BCUT2D eigenvalue weighted by Gasteiger charge is -2.33. The second-order valence-electron chi connectivity index (χ2n) is 7.59. The highest BCUT2D eigenvalue weighted by Crippen LogP contribution is 2.15. The number of carbonyl (C=O) groups is 1. The number of hydrogen-bond donors (Lipinski definition) is 2. The lowest BCUT2D eigenvalue weighted by molar-refractivity contribution is -0.130. The first-order chi connectivity index (χ1) is 13.0. The number of hydrogen-bond acceptors (Lipinski definition) is 4. The van der Waals surface area contributed by atoms with Crippen LogP contribution in [0.25, 0.3) is 0 Å². The quantitative estimate of drug-likeness (QED) is 0.524. The molecule has 2 rings (SSSR count). The van der Waals surface area contributed by atoms with E-state index in [1.54, 1.807) is 4.90 Å². The highest BCUT2D eigenvalue weighted by Gasteiger charge is 2.22. The SMILES string of the molecule is CCNC(=NCC(C)Cc1cccs1)NC1CCN(CC(=O)N(C)C)CC1. The van der Waals surface area contributed by atoms with Crippen LogP contribution >= 0.6 is 11.3 Å². The van der Waals surface area contributed by atoms with E-state index in [4.69, 9.17) is 4.99 Å². The first-order valence-corrected chi connectivity index (χ1v) is 10.9. The first-order valence-electron chi connectivity index (χ1n) is 9.97. The van der Waals surface area contributed by atoms with E-state index < -0.39 is 0 Å². The third-order valence-electron chi connectivity index (χ3n) is 4.82. The molecule has 1 aromatic heterocycles. The van der Waals surface area contributed by atoms with Crippen molar-refractivity contribution in [3.63, 3.8) is 0 Å². The number of piperidine rings is 1. The Morgan fingerprint density at radius 1 is 1.41 bits per heavy atom. The van der Waals surface area contributed by atoms with Crippen LogP contribution in [0.1, 0.15) is 31.6 Å². The first kappa shape index (κ1) is 21.7. The maximum Gasteiger partial charge on any atom is 0.236 e. The standard InChI is InChI=1S/C20H35N5OS/c1-5-21-20(22-14-16(2)13-18-7-6-12-27-18)23-17-8-10-25(11-9-17)15-19(26)24(3)4/h6-7,12,16-17H,5,8-11,13-15H2,1-4H3,(H2,21,22,23). The van der Waals surface area contributed by atoms with Crippen molar-refractivity contribution in [1.29, 1.82) is 0 Å². The van der Waals surface area contributed by atoms with Crippen LogP contribution in [0.5, 0.6) is 0 Å². The van der Waals surface area contributed by atoms with Gasteiger partial charge in [-0.05, 0) is 43.6 Å². The van der Waals surface area contributed by atoms with Crippen LogP contribution in [0.3, 0.4) is 0 Å². The summed E-state index contributed by atoms with van der Waals surface area (Å²) in [5, 5.41) is 9.09. The van der Waals surface area contributed by atoms with E-state index in [1.165, 1.54) is 4.88 Å². The van der Waals surface area contributed by atoms with Crippen molar-refractivity contribution in [2.75, 3.05) is 46.8 Å². The summed E-state index contributed by atoms with van der Waals surface area (Å²) >= 11 is 1.82. The Labute approximate surface area is 168 Å². The van der Waals surface area contributed by atoms with Crippen LogP contribution in [-0.4, -0.2) is 74.5 Å². The van der Waals surface area contributed by atoms with Gasteiger partial charge < -0.3 is 15.5 Å². The van der Waals surface area contributed by atoms with Gasteiger partial charge in [0.1, 0.15) is 0 Å². The second-order valence-corrected chi connectivity index (χ2v) is 8.62. The van der Waals surface area contributed by atoms with E-state index in [2.05, 4.69) is 46.9 Å². The number of carbonyl (C=O) groups excluding carboxylic acids is 1. The molecule has 1 saturated heterocycles. The molecule has 2 N–H and O–H groups in total. The summed E-state index contributed by atoms with van der Waals surface area (Å²) in [5.74, 6) is 1.62. The van der Waals surface area contributed by atoms with Gasteiger partial charge in [0, 0.05) is 51.2 Å². The Kier molecular flexibility index (Phi) is 9.07. The number of nitrogens with zero attached hydrogens (tertiary/aromatic N) is 3. The number of rotatable bonds is 8. The third-order valence-corrected chi connectivity index (χ3v) is 5.72. The van der Waals surface area contributed by atoms with Crippen molar-refractivity contribution in [2.45, 2.75) is 39.2 Å². The molecule has 27 heavy (non-hydrogen) atoms. The zero-order chi connectivity index (χ0) is 19.6. The van der Waals surface area contributed by atoms with Crippen LogP contribution in [0.2, 0.25) is 0 Å². The predicted octanol–water partition coefficient (Wildman–Crippen LogP) is 2.03. The zero-order valence-corrected chi connectivity index (χ0v) is 18.0. The minimum absolute atomic E-state index is 0.177. The Morgan fingerprint density at radius 3 is 2.74 bits per heavy atom. The molecule has 1 aromatic rings. The Morgan fingerprint density at radius 2 is 2.15 bits per heavy atom. The number of amides is 1. The summed E-state index contributed by atoms with van der Waals surface area (Å²) in [4.78, 5) is 22.0. The van der Waals surface area contributed by atoms with Crippen molar-refractivity contribution < 1.29 is 4.79 Å². The molecular formula is C20H35N5OS. The van der Waals surface area contributed by atoms with Gasteiger partial charge in [-0.15, -0.1) is 11.3 Å². The molecule has 1 atom stereocenters. The Bertz CT molecular complexity index is 579. The van der Waals surface area contributed by atoms with Gasteiger partial charge in [-0.2, -0.15) is 0 Å². The highest BCUT2D eigenvalue weighted by atomic mass is 32.1. The molecule has 7 heteroatoms. The monoisotopic (exact) mass is 393 g/mol. The van der Waals surface area contributed by atoms with Gasteiger partial charge in [-0.25, -0.2) is 0 Å². The zero-order valence-electron chi connectivity index (χ0n) is 17.2. The summed E-state index contributed by atoms with van der Waals surface area (Å²) in [6, 6.07) is 4.73. The molecule has 6 nitrogen and oxygen atoms in total. The van der Waals surface area contributed by atoms with Gasteiger partial charge in [-0.1, -0.05) is 13.0 Å². The molecule has 0 spiro atoms. The predicted molar refractivity (Wildman–Crippen MR) is 114 cm³/mol. The van der Waals surface area contributed by atoms with Crippen molar-refractivity contribution in [3.05, 3.63) is 22.4 Å². The average Bonchev–Trinajstić information content (AvgIpc) is 3.14. The van der Waals surface area contributed by atoms with E-state index in [1.807, 2.05) is 25.4 Å². The number of likely N-dealkylation sites (tertiary alicyclic amines) is 1. The molecule has 0 radical (unpaired) electrons. The van der Waals surface area contributed by atoms with E-state index in [-0.39, 0.29) is 5.91 Å². The van der Waals surface area contributed by atoms with Crippen LogP contribution in [0.15, 0.2) is 22.5 Å². The lowest BCUT2D eigenvalue weighted by atomic mass is 10.1. The number of likely N-dealkylation sites (N-methyl/N-ethyl adjacent to an activating group) is 1. The molecule has 1 aliphatic heterocycles. The van der Waals surface area contributed by atoms with Crippen LogP contribution in [-0.2, 0) is 11.2 Å². The minimum atomic E-state index is 0.177. The summed E-state index contributed by atoms with van der Waals surface area (Å²) in [7, 11) is 3.63. The second kappa shape index (κ2) is 11.3. The summed E-state index contributed by atoms with van der Waals surface area (Å²) < 4.78 is 0. The molecule has 1 unspecified atom stereocenters. The fourth-order valence-electron chi connectivity index (χ4n) is 3.17. The molecule has 0 aliphatic carbocycles. The van der Waals surface area contributed by atoms with Gasteiger partial charge in [0.25, 0.3) is 0 Å². The van der Waals surface area contributed by atoms with Crippen molar-refractivity contribution in [2.24, 2.45) is 10.9 Å². The van der Waals surface area contributed by atoms with Crippen molar-refractivity contribution >= 4 is 23.2 Å². The van der Waals surface area contributed by atoms with E-state index in [9.17, 15) is 4.79 Å². The molecular weight excluding hydrogens is 358 g/mol.